The van der Waals surface area contributed by atoms with Gasteiger partial charge in [0.2, 0.25) is 0 Å². The first kappa shape index (κ1) is 9.52. The molecule has 0 spiro atoms. The van der Waals surface area contributed by atoms with E-state index < -0.39 is 0 Å². The fourth-order valence-corrected chi connectivity index (χ4v) is 1.39. The van der Waals surface area contributed by atoms with Gasteiger partial charge in [0.25, 0.3) is 0 Å². The van der Waals surface area contributed by atoms with Crippen LogP contribution in [0.15, 0.2) is 48.5 Å². The van der Waals surface area contributed by atoms with Crippen LogP contribution in [-0.4, -0.2) is 17.7 Å². The molecule has 0 radical (unpaired) electrons. The van der Waals surface area contributed by atoms with E-state index in [-0.39, 0.29) is 5.82 Å². The predicted molar refractivity (Wildman–Crippen MR) is 57.2 cm³/mol. The van der Waals surface area contributed by atoms with Crippen LogP contribution in [0.2, 0.25) is 0 Å². The molecule has 64 valence electrons. The van der Waals surface area contributed by atoms with E-state index in [1.54, 1.807) is 12.1 Å². The van der Waals surface area contributed by atoms with Gasteiger partial charge in [-0.05, 0) is 0 Å². The Bertz CT molecular complexity index is 374. The maximum absolute atomic E-state index is 12.7. The van der Waals surface area contributed by atoms with E-state index in [9.17, 15) is 4.39 Å². The van der Waals surface area contributed by atoms with Crippen molar-refractivity contribution in [1.29, 1.82) is 0 Å². The third kappa shape index (κ3) is 2.07. The Hall–Kier alpha value is -1.03. The van der Waals surface area contributed by atoms with E-state index in [2.05, 4.69) is 29.8 Å². The Morgan fingerprint density at radius 1 is 0.714 bits per heavy atom. The first-order valence-corrected chi connectivity index (χ1v) is 4.58. The first-order valence-electron chi connectivity index (χ1n) is 4.58. The molecule has 0 aliphatic carbocycles. The third-order valence-electron chi connectivity index (χ3n) is 2.23. The van der Waals surface area contributed by atoms with Gasteiger partial charge in [0, 0.05) is 0 Å². The minimum absolute atomic E-state index is 0.194. The average Bonchev–Trinajstić information content (AvgIpc) is 2.21. The van der Waals surface area contributed by atoms with Gasteiger partial charge in [-0.3, -0.25) is 0 Å². The summed E-state index contributed by atoms with van der Waals surface area (Å²) in [5.74, 6) is -0.194. The summed E-state index contributed by atoms with van der Waals surface area (Å²) in [6, 6.07) is 14.7. The third-order valence-corrected chi connectivity index (χ3v) is 2.23. The number of benzene rings is 2. The Morgan fingerprint density at radius 2 is 1.14 bits per heavy atom. The fraction of sp³-hybridized carbons (Fsp3) is 0. The molecule has 0 fully saturated rings. The fourth-order valence-electron chi connectivity index (χ4n) is 1.39. The van der Waals surface area contributed by atoms with E-state index in [1.807, 2.05) is 12.1 Å². The molecular weight excluding hydrogens is 170 g/mol. The zero-order valence-electron chi connectivity index (χ0n) is 8.00. The van der Waals surface area contributed by atoms with Gasteiger partial charge in [0.1, 0.15) is 0 Å². The molecule has 0 saturated heterocycles. The van der Waals surface area contributed by atoms with Gasteiger partial charge >= 0.3 is 91.8 Å². The number of rotatable bonds is 1. The molecule has 2 heteroatoms. The summed E-state index contributed by atoms with van der Waals surface area (Å²) < 4.78 is 13.9. The molecule has 0 amide bonds. The van der Waals surface area contributed by atoms with Crippen molar-refractivity contribution in [3.8, 4) is 11.1 Å². The average molecular weight is 178 g/mol. The van der Waals surface area contributed by atoms with Gasteiger partial charge in [-0.1, -0.05) is 0 Å². The molecule has 0 N–H and O–H groups in total. The van der Waals surface area contributed by atoms with Crippen LogP contribution < -0.4 is 4.24 Å². The van der Waals surface area contributed by atoms with Gasteiger partial charge in [-0.2, -0.15) is 0 Å². The molecule has 0 aromatic heterocycles. The van der Waals surface area contributed by atoms with Crippen LogP contribution in [0.1, 0.15) is 0 Å². The van der Waals surface area contributed by atoms with E-state index in [1.165, 1.54) is 16.4 Å². The first-order chi connectivity index (χ1) is 6.75. The molecule has 0 aliphatic rings. The van der Waals surface area contributed by atoms with Crippen molar-refractivity contribution in [3.05, 3.63) is 54.3 Å². The summed E-state index contributed by atoms with van der Waals surface area (Å²) in [4.78, 5) is 0. The summed E-state index contributed by atoms with van der Waals surface area (Å²) >= 11 is 2.05. The van der Waals surface area contributed by atoms with Crippen molar-refractivity contribution in [2.24, 2.45) is 0 Å². The van der Waals surface area contributed by atoms with Crippen LogP contribution in [0, 0.1) is 5.82 Å². The Labute approximate surface area is 92.0 Å². The van der Waals surface area contributed by atoms with Gasteiger partial charge in [0.05, 0.1) is 0 Å². The molecular formula is C12H8FLi. The number of halogens is 1. The standard InChI is InChI=1S/C12H8F.Li/c13-12-8-6-11(7-9-12)10-4-2-1-3-5-10;/h2-9H;. The summed E-state index contributed by atoms with van der Waals surface area (Å²) in [5, 5.41) is 0. The molecule has 0 bridgehead atoms. The number of hydrogen-bond acceptors (Lipinski definition) is 0. The van der Waals surface area contributed by atoms with Crippen molar-refractivity contribution in [3.63, 3.8) is 0 Å². The number of hydrogen-bond donors (Lipinski definition) is 0. The van der Waals surface area contributed by atoms with Crippen LogP contribution in [0.25, 0.3) is 11.1 Å². The van der Waals surface area contributed by atoms with Crippen molar-refractivity contribution >= 4 is 22.0 Å². The van der Waals surface area contributed by atoms with E-state index in [0.717, 1.165) is 11.1 Å². The second kappa shape index (κ2) is 4.00. The molecule has 2 aromatic rings. The van der Waals surface area contributed by atoms with Crippen LogP contribution in [0.3, 0.4) is 0 Å². The molecule has 0 heterocycles. The molecule has 0 aliphatic heterocycles. The summed E-state index contributed by atoms with van der Waals surface area (Å²) in [7, 11) is 0. The summed E-state index contributed by atoms with van der Waals surface area (Å²) in [6.07, 6.45) is 0. The van der Waals surface area contributed by atoms with E-state index >= 15 is 0 Å². The normalized spacial score (nSPS) is 10.2. The Balaban J connectivity index is 2.40. The van der Waals surface area contributed by atoms with Crippen molar-refractivity contribution in [1.82, 2.24) is 0 Å². The molecule has 0 unspecified atom stereocenters. The van der Waals surface area contributed by atoms with Crippen LogP contribution in [0.5, 0.6) is 0 Å². The van der Waals surface area contributed by atoms with Crippen molar-refractivity contribution in [2.45, 2.75) is 0 Å². The molecule has 14 heavy (non-hydrogen) atoms. The second-order valence-corrected chi connectivity index (χ2v) is 3.37. The maximum atomic E-state index is 12.7. The van der Waals surface area contributed by atoms with Crippen molar-refractivity contribution < 1.29 is 4.39 Å². The van der Waals surface area contributed by atoms with Gasteiger partial charge in [-0.15, -0.1) is 0 Å². The zero-order valence-corrected chi connectivity index (χ0v) is 8.00. The zero-order chi connectivity index (χ0) is 9.97. The van der Waals surface area contributed by atoms with Crippen LogP contribution in [0.4, 0.5) is 4.39 Å². The van der Waals surface area contributed by atoms with Gasteiger partial charge < -0.3 is 0 Å². The van der Waals surface area contributed by atoms with Gasteiger partial charge in [0.15, 0.2) is 0 Å². The van der Waals surface area contributed by atoms with E-state index in [4.69, 9.17) is 0 Å². The van der Waals surface area contributed by atoms with Crippen molar-refractivity contribution in [2.75, 3.05) is 0 Å². The SMILES string of the molecule is [Li][c]1ccc(-c2ccc(F)cc2)cc1. The summed E-state index contributed by atoms with van der Waals surface area (Å²) in [6.45, 7) is 0. The van der Waals surface area contributed by atoms with Crippen LogP contribution in [-0.2, 0) is 0 Å². The molecule has 2 aromatic carbocycles. The quantitative estimate of drug-likeness (QED) is 0.587. The Kier molecular flexibility index (Phi) is 2.72. The minimum atomic E-state index is -0.194. The second-order valence-electron chi connectivity index (χ2n) is 3.37. The monoisotopic (exact) mass is 178 g/mol. The Morgan fingerprint density at radius 3 is 1.64 bits per heavy atom. The van der Waals surface area contributed by atoms with E-state index in [0.29, 0.717) is 0 Å². The molecule has 0 saturated carbocycles. The van der Waals surface area contributed by atoms with Crippen LogP contribution >= 0.6 is 0 Å². The predicted octanol–water partition coefficient (Wildman–Crippen LogP) is 2.29. The summed E-state index contributed by atoms with van der Waals surface area (Å²) in [5.41, 5.74) is 2.17. The molecule has 0 atom stereocenters. The van der Waals surface area contributed by atoms with Gasteiger partial charge in [-0.25, -0.2) is 0 Å². The topological polar surface area (TPSA) is 0 Å². The molecule has 2 rings (SSSR count). The molecule has 0 nitrogen and oxygen atoms in total.